The van der Waals surface area contributed by atoms with Crippen molar-refractivity contribution in [2.24, 2.45) is 0 Å². The van der Waals surface area contributed by atoms with Crippen LogP contribution in [-0.4, -0.2) is 11.1 Å². The summed E-state index contributed by atoms with van der Waals surface area (Å²) in [5, 5.41) is 8.92. The second-order valence-electron chi connectivity index (χ2n) is 2.58. The summed E-state index contributed by atoms with van der Waals surface area (Å²) in [5.41, 5.74) is 1.18. The van der Waals surface area contributed by atoms with E-state index >= 15 is 0 Å². The number of halogens is 2. The first-order chi connectivity index (χ1) is 6.06. The molecule has 0 aliphatic rings. The smallest absolute Gasteiger partial charge is 0.337 e. The topological polar surface area (TPSA) is 37.3 Å². The average Bonchev–Trinajstić information content (AvgIpc) is 2.01. The molecule has 0 aliphatic heterocycles. The minimum absolute atomic E-state index is 0.353. The summed E-state index contributed by atoms with van der Waals surface area (Å²) in [6, 6.07) is 3.57. The van der Waals surface area contributed by atoms with Gasteiger partial charge in [0.25, 0.3) is 0 Å². The Balaban J connectivity index is 3.38. The molecular formula is C9H8Br2O2. The van der Waals surface area contributed by atoms with Gasteiger partial charge in [0.2, 0.25) is 0 Å². The molecule has 1 rings (SSSR count). The highest BCUT2D eigenvalue weighted by Gasteiger charge is 2.13. The van der Waals surface area contributed by atoms with E-state index in [-0.39, 0.29) is 0 Å². The van der Waals surface area contributed by atoms with Crippen LogP contribution in [0.4, 0.5) is 0 Å². The van der Waals surface area contributed by atoms with Crippen LogP contribution in [0.3, 0.4) is 0 Å². The molecule has 0 amide bonds. The van der Waals surface area contributed by atoms with Gasteiger partial charge in [0.05, 0.1) is 5.56 Å². The summed E-state index contributed by atoms with van der Waals surface area (Å²) < 4.78 is 1.51. The number of hydrogen-bond donors (Lipinski definition) is 1. The lowest BCUT2D eigenvalue weighted by Crippen LogP contribution is -2.03. The highest BCUT2D eigenvalue weighted by atomic mass is 79.9. The van der Waals surface area contributed by atoms with Gasteiger partial charge in [-0.05, 0) is 40.0 Å². The van der Waals surface area contributed by atoms with Crippen LogP contribution < -0.4 is 0 Å². The largest absolute Gasteiger partial charge is 0.478 e. The van der Waals surface area contributed by atoms with Gasteiger partial charge in [0, 0.05) is 8.95 Å². The van der Waals surface area contributed by atoms with Crippen molar-refractivity contribution < 1.29 is 9.90 Å². The summed E-state index contributed by atoms with van der Waals surface area (Å²) in [6.45, 7) is 1.93. The Morgan fingerprint density at radius 3 is 2.54 bits per heavy atom. The number of carboxylic acids is 1. The summed E-state index contributed by atoms with van der Waals surface area (Å²) in [5.74, 6) is -0.892. The molecule has 0 saturated heterocycles. The molecule has 1 N–H and O–H groups in total. The molecule has 0 heterocycles. The van der Waals surface area contributed by atoms with Crippen molar-refractivity contribution in [2.75, 3.05) is 0 Å². The van der Waals surface area contributed by atoms with E-state index in [1.54, 1.807) is 6.07 Å². The maximum Gasteiger partial charge on any atom is 0.337 e. The molecule has 0 fully saturated rings. The molecule has 4 heteroatoms. The fourth-order valence-electron chi connectivity index (χ4n) is 1.15. The summed E-state index contributed by atoms with van der Waals surface area (Å²) in [6.07, 6.45) is 0.708. The van der Waals surface area contributed by atoms with Crippen molar-refractivity contribution in [1.29, 1.82) is 0 Å². The van der Waals surface area contributed by atoms with Gasteiger partial charge in [0.15, 0.2) is 0 Å². The standard InChI is InChI=1S/C9H8Br2O2/c1-2-5-3-6(10)4-7(11)8(5)9(12)13/h3-4H,2H2,1H3,(H,12,13). The summed E-state index contributed by atoms with van der Waals surface area (Å²) >= 11 is 6.54. The molecule has 1 aromatic carbocycles. The van der Waals surface area contributed by atoms with Gasteiger partial charge < -0.3 is 5.11 Å². The first kappa shape index (κ1) is 10.7. The van der Waals surface area contributed by atoms with Crippen LogP contribution in [0.2, 0.25) is 0 Å². The van der Waals surface area contributed by atoms with Gasteiger partial charge in [0.1, 0.15) is 0 Å². The Bertz CT molecular complexity index is 348. The number of hydrogen-bond acceptors (Lipinski definition) is 1. The Hall–Kier alpha value is -0.350. The maximum absolute atomic E-state index is 10.9. The van der Waals surface area contributed by atoms with Crippen molar-refractivity contribution in [3.8, 4) is 0 Å². The lowest BCUT2D eigenvalue weighted by atomic mass is 10.1. The van der Waals surface area contributed by atoms with E-state index in [0.29, 0.717) is 16.5 Å². The second-order valence-corrected chi connectivity index (χ2v) is 4.35. The minimum atomic E-state index is -0.892. The van der Waals surface area contributed by atoms with Gasteiger partial charge >= 0.3 is 5.97 Å². The molecule has 0 radical (unpaired) electrons. The third kappa shape index (κ3) is 2.31. The van der Waals surface area contributed by atoms with Crippen LogP contribution in [-0.2, 0) is 6.42 Å². The van der Waals surface area contributed by atoms with Gasteiger partial charge in [-0.1, -0.05) is 22.9 Å². The van der Waals surface area contributed by atoms with Crippen LogP contribution in [0.15, 0.2) is 21.1 Å². The van der Waals surface area contributed by atoms with Crippen molar-refractivity contribution in [1.82, 2.24) is 0 Å². The number of benzene rings is 1. The maximum atomic E-state index is 10.9. The highest BCUT2D eigenvalue weighted by molar-refractivity contribution is 9.11. The molecule has 70 valence electrons. The van der Waals surface area contributed by atoms with Gasteiger partial charge in [-0.15, -0.1) is 0 Å². The molecule has 2 nitrogen and oxygen atoms in total. The molecule has 1 aromatic rings. The van der Waals surface area contributed by atoms with E-state index in [4.69, 9.17) is 5.11 Å². The van der Waals surface area contributed by atoms with E-state index in [9.17, 15) is 4.79 Å². The SMILES string of the molecule is CCc1cc(Br)cc(Br)c1C(=O)O. The predicted octanol–water partition coefficient (Wildman–Crippen LogP) is 3.47. The quantitative estimate of drug-likeness (QED) is 0.908. The van der Waals surface area contributed by atoms with Crippen LogP contribution >= 0.6 is 31.9 Å². The third-order valence-electron chi connectivity index (χ3n) is 1.73. The molecular weight excluding hydrogens is 300 g/mol. The molecule has 0 bridgehead atoms. The van der Waals surface area contributed by atoms with Crippen LogP contribution in [0.25, 0.3) is 0 Å². The average molecular weight is 308 g/mol. The van der Waals surface area contributed by atoms with Gasteiger partial charge in [-0.2, -0.15) is 0 Å². The van der Waals surface area contributed by atoms with E-state index in [1.807, 2.05) is 13.0 Å². The molecule has 0 unspecified atom stereocenters. The fraction of sp³-hybridized carbons (Fsp3) is 0.222. The van der Waals surface area contributed by atoms with Crippen LogP contribution in [0.5, 0.6) is 0 Å². The zero-order valence-corrected chi connectivity index (χ0v) is 10.1. The van der Waals surface area contributed by atoms with Crippen molar-refractivity contribution in [3.63, 3.8) is 0 Å². The number of carbonyl (C=O) groups is 1. The Morgan fingerprint density at radius 2 is 2.08 bits per heavy atom. The molecule has 0 aliphatic carbocycles. The number of rotatable bonds is 2. The highest BCUT2D eigenvalue weighted by Crippen LogP contribution is 2.26. The monoisotopic (exact) mass is 306 g/mol. The Morgan fingerprint density at radius 1 is 1.46 bits per heavy atom. The van der Waals surface area contributed by atoms with E-state index < -0.39 is 5.97 Å². The second kappa shape index (κ2) is 4.24. The van der Waals surface area contributed by atoms with Crippen LogP contribution in [0.1, 0.15) is 22.8 Å². The number of aromatic carboxylic acids is 1. The predicted molar refractivity (Wildman–Crippen MR) is 58.2 cm³/mol. The number of aryl methyl sites for hydroxylation is 1. The number of carboxylic acid groups (broad SMARTS) is 1. The van der Waals surface area contributed by atoms with Gasteiger partial charge in [-0.25, -0.2) is 4.79 Å². The third-order valence-corrected chi connectivity index (χ3v) is 2.81. The van der Waals surface area contributed by atoms with Crippen LogP contribution in [0, 0.1) is 0 Å². The minimum Gasteiger partial charge on any atom is -0.478 e. The van der Waals surface area contributed by atoms with Crippen molar-refractivity contribution in [3.05, 3.63) is 32.2 Å². The Labute approximate surface area is 93.2 Å². The van der Waals surface area contributed by atoms with Crippen molar-refractivity contribution >= 4 is 37.8 Å². The van der Waals surface area contributed by atoms with Gasteiger partial charge in [-0.3, -0.25) is 0 Å². The van der Waals surface area contributed by atoms with E-state index in [0.717, 1.165) is 10.0 Å². The Kier molecular flexibility index (Phi) is 3.50. The molecule has 0 aromatic heterocycles. The molecule has 13 heavy (non-hydrogen) atoms. The zero-order valence-electron chi connectivity index (χ0n) is 6.97. The van der Waals surface area contributed by atoms with Crippen molar-refractivity contribution in [2.45, 2.75) is 13.3 Å². The lowest BCUT2D eigenvalue weighted by Gasteiger charge is -2.06. The fourth-order valence-corrected chi connectivity index (χ4v) is 2.63. The normalized spacial score (nSPS) is 10.1. The van der Waals surface area contributed by atoms with E-state index in [2.05, 4.69) is 31.9 Å². The summed E-state index contributed by atoms with van der Waals surface area (Å²) in [7, 11) is 0. The molecule has 0 atom stereocenters. The zero-order chi connectivity index (χ0) is 10.0. The first-order valence-corrected chi connectivity index (χ1v) is 5.36. The molecule has 0 spiro atoms. The molecule has 0 saturated carbocycles. The first-order valence-electron chi connectivity index (χ1n) is 3.77. The van der Waals surface area contributed by atoms with E-state index in [1.165, 1.54) is 0 Å². The lowest BCUT2D eigenvalue weighted by molar-refractivity contribution is 0.0694. The summed E-state index contributed by atoms with van der Waals surface area (Å²) in [4.78, 5) is 10.9.